The van der Waals surface area contributed by atoms with Crippen molar-refractivity contribution in [2.75, 3.05) is 26.8 Å². The van der Waals surface area contributed by atoms with Gasteiger partial charge in [-0.1, -0.05) is 15.9 Å². The van der Waals surface area contributed by atoms with Crippen molar-refractivity contribution in [1.29, 1.82) is 0 Å². The Hall–Kier alpha value is -1.86. The molecule has 0 unspecified atom stereocenters. The molecule has 0 atom stereocenters. The standard InChI is InChI=1S/C15H16BrNO5/c1-9-11-7-10(16)3-4-12(11)22-14(9)15(20)17(5-6-21-2)8-13(18)19/h3-4,7H,5-6,8H2,1-2H3,(H,18,19). The number of rotatable bonds is 6. The lowest BCUT2D eigenvalue weighted by atomic mass is 10.1. The van der Waals surface area contributed by atoms with E-state index in [0.29, 0.717) is 11.1 Å². The zero-order valence-electron chi connectivity index (χ0n) is 12.3. The van der Waals surface area contributed by atoms with Gasteiger partial charge in [0, 0.05) is 29.1 Å². The molecule has 1 N–H and O–H groups in total. The van der Waals surface area contributed by atoms with E-state index in [0.717, 1.165) is 9.86 Å². The van der Waals surface area contributed by atoms with Gasteiger partial charge in [0.1, 0.15) is 12.1 Å². The molecule has 22 heavy (non-hydrogen) atoms. The van der Waals surface area contributed by atoms with Crippen LogP contribution in [-0.2, 0) is 9.53 Å². The van der Waals surface area contributed by atoms with Crippen molar-refractivity contribution < 1.29 is 23.8 Å². The molecule has 0 radical (unpaired) electrons. The minimum absolute atomic E-state index is 0.158. The first-order valence-electron chi connectivity index (χ1n) is 6.62. The van der Waals surface area contributed by atoms with Crippen molar-refractivity contribution in [2.24, 2.45) is 0 Å². The van der Waals surface area contributed by atoms with Crippen molar-refractivity contribution in [1.82, 2.24) is 4.90 Å². The van der Waals surface area contributed by atoms with Crippen LogP contribution < -0.4 is 0 Å². The van der Waals surface area contributed by atoms with E-state index in [4.69, 9.17) is 14.3 Å². The molecule has 1 aromatic carbocycles. The quantitative estimate of drug-likeness (QED) is 0.846. The third-order valence-electron chi connectivity index (χ3n) is 3.27. The summed E-state index contributed by atoms with van der Waals surface area (Å²) in [5.74, 6) is -1.38. The van der Waals surface area contributed by atoms with Gasteiger partial charge in [-0.2, -0.15) is 0 Å². The van der Waals surface area contributed by atoms with E-state index in [1.165, 1.54) is 12.0 Å². The van der Waals surface area contributed by atoms with Gasteiger partial charge in [-0.3, -0.25) is 9.59 Å². The van der Waals surface area contributed by atoms with Gasteiger partial charge in [-0.05, 0) is 25.1 Å². The van der Waals surface area contributed by atoms with Crippen molar-refractivity contribution in [2.45, 2.75) is 6.92 Å². The second kappa shape index (κ2) is 6.93. The predicted octanol–water partition coefficient (Wildman–Crippen LogP) is 2.68. The maximum absolute atomic E-state index is 12.6. The van der Waals surface area contributed by atoms with E-state index in [2.05, 4.69) is 15.9 Å². The van der Waals surface area contributed by atoms with Gasteiger partial charge < -0.3 is 19.2 Å². The van der Waals surface area contributed by atoms with E-state index in [1.807, 2.05) is 12.1 Å². The monoisotopic (exact) mass is 369 g/mol. The second-order valence-electron chi connectivity index (χ2n) is 4.81. The Morgan fingerprint density at radius 1 is 1.41 bits per heavy atom. The maximum atomic E-state index is 12.6. The minimum Gasteiger partial charge on any atom is -0.480 e. The summed E-state index contributed by atoms with van der Waals surface area (Å²) < 4.78 is 11.4. The summed E-state index contributed by atoms with van der Waals surface area (Å²) in [6.07, 6.45) is 0. The number of amides is 1. The number of carboxylic acids is 1. The second-order valence-corrected chi connectivity index (χ2v) is 5.73. The molecule has 6 nitrogen and oxygen atoms in total. The number of aryl methyl sites for hydroxylation is 1. The number of aliphatic carboxylic acids is 1. The van der Waals surface area contributed by atoms with E-state index < -0.39 is 18.4 Å². The number of hydrogen-bond acceptors (Lipinski definition) is 4. The fraction of sp³-hybridized carbons (Fsp3) is 0.333. The molecule has 0 spiro atoms. The molecule has 2 rings (SSSR count). The number of carbonyl (C=O) groups excluding carboxylic acids is 1. The number of furan rings is 1. The molecule has 1 heterocycles. The van der Waals surface area contributed by atoms with Crippen LogP contribution in [-0.4, -0.2) is 48.7 Å². The molecule has 1 amide bonds. The Morgan fingerprint density at radius 3 is 2.77 bits per heavy atom. The zero-order valence-corrected chi connectivity index (χ0v) is 13.8. The number of carboxylic acid groups (broad SMARTS) is 1. The van der Waals surface area contributed by atoms with E-state index >= 15 is 0 Å². The average Bonchev–Trinajstić information content (AvgIpc) is 2.79. The highest BCUT2D eigenvalue weighted by Gasteiger charge is 2.24. The van der Waals surface area contributed by atoms with Crippen LogP contribution in [0.2, 0.25) is 0 Å². The van der Waals surface area contributed by atoms with Gasteiger partial charge in [-0.25, -0.2) is 0 Å². The molecule has 0 aliphatic carbocycles. The van der Waals surface area contributed by atoms with Crippen LogP contribution in [0.3, 0.4) is 0 Å². The SMILES string of the molecule is COCCN(CC(=O)O)C(=O)c1oc2ccc(Br)cc2c1C. The normalized spacial score (nSPS) is 10.9. The van der Waals surface area contributed by atoms with Crippen LogP contribution >= 0.6 is 15.9 Å². The topological polar surface area (TPSA) is 80.0 Å². The van der Waals surface area contributed by atoms with Crippen molar-refractivity contribution in [3.63, 3.8) is 0 Å². The summed E-state index contributed by atoms with van der Waals surface area (Å²) in [5, 5.41) is 9.77. The molecule has 7 heteroatoms. The lowest BCUT2D eigenvalue weighted by Gasteiger charge is -2.19. The molecule has 0 aliphatic rings. The maximum Gasteiger partial charge on any atom is 0.323 e. The highest BCUT2D eigenvalue weighted by atomic mass is 79.9. The molecule has 0 saturated heterocycles. The summed E-state index contributed by atoms with van der Waals surface area (Å²) in [5.41, 5.74) is 1.28. The number of hydrogen-bond donors (Lipinski definition) is 1. The number of methoxy groups -OCH3 is 1. The predicted molar refractivity (Wildman–Crippen MR) is 84.1 cm³/mol. The smallest absolute Gasteiger partial charge is 0.323 e. The van der Waals surface area contributed by atoms with E-state index in [1.54, 1.807) is 13.0 Å². The number of benzene rings is 1. The zero-order chi connectivity index (χ0) is 16.3. The van der Waals surface area contributed by atoms with Gasteiger partial charge in [0.2, 0.25) is 0 Å². The third kappa shape index (κ3) is 3.48. The number of carbonyl (C=O) groups is 2. The summed E-state index contributed by atoms with van der Waals surface area (Å²) >= 11 is 3.38. The molecule has 2 aromatic rings. The lowest BCUT2D eigenvalue weighted by molar-refractivity contribution is -0.137. The highest BCUT2D eigenvalue weighted by Crippen LogP contribution is 2.28. The molecule has 0 bridgehead atoms. The summed E-state index contributed by atoms with van der Waals surface area (Å²) in [4.78, 5) is 24.7. The van der Waals surface area contributed by atoms with E-state index in [9.17, 15) is 9.59 Å². The highest BCUT2D eigenvalue weighted by molar-refractivity contribution is 9.10. The van der Waals surface area contributed by atoms with Gasteiger partial charge in [0.15, 0.2) is 5.76 Å². The van der Waals surface area contributed by atoms with Gasteiger partial charge in [-0.15, -0.1) is 0 Å². The summed E-state index contributed by atoms with van der Waals surface area (Å²) in [6, 6.07) is 5.45. The molecule has 0 saturated carbocycles. The first kappa shape index (κ1) is 16.5. The number of nitrogens with zero attached hydrogens (tertiary/aromatic N) is 1. The number of halogens is 1. The van der Waals surface area contributed by atoms with Gasteiger partial charge >= 0.3 is 5.97 Å². The van der Waals surface area contributed by atoms with Crippen molar-refractivity contribution in [3.8, 4) is 0 Å². The minimum atomic E-state index is -1.08. The van der Waals surface area contributed by atoms with Crippen molar-refractivity contribution in [3.05, 3.63) is 34.0 Å². The number of ether oxygens (including phenoxy) is 1. The first-order chi connectivity index (χ1) is 10.4. The Kier molecular flexibility index (Phi) is 5.20. The lowest BCUT2D eigenvalue weighted by Crippen LogP contribution is -2.38. The van der Waals surface area contributed by atoms with Crippen LogP contribution in [0.15, 0.2) is 27.1 Å². The van der Waals surface area contributed by atoms with Crippen LogP contribution in [0.25, 0.3) is 11.0 Å². The number of fused-ring (bicyclic) bond motifs is 1. The fourth-order valence-corrected chi connectivity index (χ4v) is 2.52. The van der Waals surface area contributed by atoms with E-state index in [-0.39, 0.29) is 18.9 Å². The first-order valence-corrected chi connectivity index (χ1v) is 7.42. The Balaban J connectivity index is 2.37. The van der Waals surface area contributed by atoms with Gasteiger partial charge in [0.25, 0.3) is 5.91 Å². The Labute approximate surface area is 135 Å². The molecule has 118 valence electrons. The molecule has 0 aliphatic heterocycles. The van der Waals surface area contributed by atoms with Crippen molar-refractivity contribution >= 4 is 38.8 Å². The average molecular weight is 370 g/mol. The largest absolute Gasteiger partial charge is 0.480 e. The van der Waals surface area contributed by atoms with Crippen LogP contribution in [0.5, 0.6) is 0 Å². The van der Waals surface area contributed by atoms with Crippen LogP contribution in [0.4, 0.5) is 0 Å². The van der Waals surface area contributed by atoms with Gasteiger partial charge in [0.05, 0.1) is 6.61 Å². The fourth-order valence-electron chi connectivity index (χ4n) is 2.16. The molecule has 0 fully saturated rings. The molecular weight excluding hydrogens is 354 g/mol. The molecule has 1 aromatic heterocycles. The summed E-state index contributed by atoms with van der Waals surface area (Å²) in [6.45, 7) is 1.81. The Bertz CT molecular complexity index is 709. The van der Waals surface area contributed by atoms with Crippen LogP contribution in [0, 0.1) is 6.92 Å². The third-order valence-corrected chi connectivity index (χ3v) is 3.76. The Morgan fingerprint density at radius 2 is 2.14 bits per heavy atom. The van der Waals surface area contributed by atoms with Crippen LogP contribution in [0.1, 0.15) is 16.1 Å². The molecular formula is C15H16BrNO5. The summed E-state index contributed by atoms with van der Waals surface area (Å²) in [7, 11) is 1.49.